The van der Waals surface area contributed by atoms with Crippen LogP contribution in [-0.4, -0.2) is 58.0 Å². The first-order chi connectivity index (χ1) is 20.0. The third-order valence-corrected chi connectivity index (χ3v) is 8.00. The lowest BCUT2D eigenvalue weighted by atomic mass is 10.0. The van der Waals surface area contributed by atoms with Crippen molar-refractivity contribution in [1.29, 1.82) is 0 Å². The first-order valence-corrected chi connectivity index (χ1v) is 14.1. The Morgan fingerprint density at radius 3 is 2.37 bits per heavy atom. The Labute approximate surface area is 240 Å². The summed E-state index contributed by atoms with van der Waals surface area (Å²) < 4.78 is 0.811. The zero-order chi connectivity index (χ0) is 28.3. The molecule has 0 radical (unpaired) electrons. The number of nitrogens with one attached hydrogen (secondary N) is 2. The van der Waals surface area contributed by atoms with Crippen molar-refractivity contribution in [2.24, 2.45) is 0 Å². The maximum atomic E-state index is 13.6. The van der Waals surface area contributed by atoms with E-state index >= 15 is 0 Å². The molecule has 0 saturated carbocycles. The summed E-state index contributed by atoms with van der Waals surface area (Å²) in [6, 6.07) is 16.6. The summed E-state index contributed by atoms with van der Waals surface area (Å²) in [4.78, 5) is 43.0. The number of benzene rings is 2. The normalized spacial score (nSPS) is 13.3. The molecular weight excluding hydrogens is 536 g/mol. The molecule has 10 nitrogen and oxygen atoms in total. The summed E-state index contributed by atoms with van der Waals surface area (Å²) in [6.07, 6.45) is 5.02. The van der Waals surface area contributed by atoms with Gasteiger partial charge in [-0.2, -0.15) is 0 Å². The van der Waals surface area contributed by atoms with E-state index in [0.717, 1.165) is 32.5 Å². The minimum atomic E-state index is -0.321. The Morgan fingerprint density at radius 2 is 1.63 bits per heavy atom. The molecule has 2 aromatic carbocycles. The number of aryl methyl sites for hydroxylation is 1. The van der Waals surface area contributed by atoms with E-state index < -0.39 is 0 Å². The molecule has 1 fully saturated rings. The van der Waals surface area contributed by atoms with E-state index in [9.17, 15) is 9.59 Å². The standard InChI is InChI=1S/C30H28N8O2S/c1-19-4-2-5-22(16-19)36-30(40)35-21-8-6-20(7-9-21)24-18-41-26-23(17-34-27(31)25(24)26)28(39)37-12-14-38(15-13-37)29-32-10-3-11-33-29/h2-11,16-18H,12-15H2,1H3,(H2,31,34)(H2,35,36,40). The molecule has 1 saturated heterocycles. The topological polar surface area (TPSA) is 129 Å². The minimum Gasteiger partial charge on any atom is -0.383 e. The number of carbonyl (C=O) groups is 2. The van der Waals surface area contributed by atoms with Gasteiger partial charge in [-0.15, -0.1) is 11.3 Å². The maximum absolute atomic E-state index is 13.6. The molecule has 0 unspecified atom stereocenters. The van der Waals surface area contributed by atoms with Crippen molar-refractivity contribution in [3.8, 4) is 11.1 Å². The van der Waals surface area contributed by atoms with E-state index in [1.54, 1.807) is 24.7 Å². The first kappa shape index (κ1) is 26.2. The molecule has 0 spiro atoms. The Kier molecular flexibility index (Phi) is 7.17. The molecule has 206 valence electrons. The molecule has 41 heavy (non-hydrogen) atoms. The number of anilines is 4. The summed E-state index contributed by atoms with van der Waals surface area (Å²) in [6.45, 7) is 4.40. The number of nitrogens with two attached hydrogens (primary N) is 1. The fourth-order valence-corrected chi connectivity index (χ4v) is 6.01. The van der Waals surface area contributed by atoms with Crippen LogP contribution in [0.2, 0.25) is 0 Å². The third-order valence-electron chi connectivity index (χ3n) is 6.99. The van der Waals surface area contributed by atoms with E-state index in [0.29, 0.717) is 49.2 Å². The lowest BCUT2D eigenvalue weighted by Gasteiger charge is -2.34. The lowest BCUT2D eigenvalue weighted by molar-refractivity contribution is 0.0748. The average molecular weight is 565 g/mol. The number of piperazine rings is 1. The Morgan fingerprint density at radius 1 is 0.902 bits per heavy atom. The Bertz CT molecular complexity index is 1710. The molecule has 0 atom stereocenters. The molecule has 1 aliphatic rings. The largest absolute Gasteiger partial charge is 0.383 e. The molecule has 0 aliphatic carbocycles. The molecular formula is C30H28N8O2S. The molecule has 3 aromatic heterocycles. The van der Waals surface area contributed by atoms with Gasteiger partial charge in [-0.05, 0) is 53.8 Å². The van der Waals surface area contributed by atoms with Gasteiger partial charge < -0.3 is 26.2 Å². The fraction of sp³-hybridized carbons (Fsp3) is 0.167. The number of aromatic nitrogens is 3. The number of amides is 3. The zero-order valence-corrected chi connectivity index (χ0v) is 23.2. The molecule has 3 amide bonds. The molecule has 4 N–H and O–H groups in total. The van der Waals surface area contributed by atoms with Crippen LogP contribution < -0.4 is 21.3 Å². The average Bonchev–Trinajstić information content (AvgIpc) is 3.44. The highest BCUT2D eigenvalue weighted by Gasteiger charge is 2.26. The maximum Gasteiger partial charge on any atom is 0.323 e. The van der Waals surface area contributed by atoms with Gasteiger partial charge >= 0.3 is 6.03 Å². The number of rotatable bonds is 5. The van der Waals surface area contributed by atoms with Gasteiger partial charge in [-0.3, -0.25) is 4.79 Å². The van der Waals surface area contributed by atoms with Crippen molar-refractivity contribution in [3.05, 3.63) is 89.7 Å². The van der Waals surface area contributed by atoms with Crippen LogP contribution in [0.25, 0.3) is 21.2 Å². The summed E-state index contributed by atoms with van der Waals surface area (Å²) in [5.41, 5.74) is 11.1. The highest BCUT2D eigenvalue weighted by molar-refractivity contribution is 7.18. The number of hydrogen-bond donors (Lipinski definition) is 3. The van der Waals surface area contributed by atoms with Crippen LogP contribution in [0.15, 0.2) is 78.6 Å². The van der Waals surface area contributed by atoms with Gasteiger partial charge in [0.15, 0.2) is 0 Å². The number of urea groups is 1. The van der Waals surface area contributed by atoms with Gasteiger partial charge in [0.2, 0.25) is 5.95 Å². The van der Waals surface area contributed by atoms with Crippen LogP contribution in [0.1, 0.15) is 15.9 Å². The predicted octanol–water partition coefficient (Wildman–Crippen LogP) is 5.25. The number of fused-ring (bicyclic) bond motifs is 1. The second-order valence-electron chi connectivity index (χ2n) is 9.76. The molecule has 4 heterocycles. The summed E-state index contributed by atoms with van der Waals surface area (Å²) in [5.74, 6) is 0.981. The monoisotopic (exact) mass is 564 g/mol. The highest BCUT2D eigenvalue weighted by Crippen LogP contribution is 2.39. The molecule has 5 aromatic rings. The fourth-order valence-electron chi connectivity index (χ4n) is 4.92. The van der Waals surface area contributed by atoms with Gasteiger partial charge in [0, 0.05) is 67.1 Å². The van der Waals surface area contributed by atoms with Crippen molar-refractivity contribution < 1.29 is 9.59 Å². The van der Waals surface area contributed by atoms with E-state index in [1.165, 1.54) is 11.3 Å². The molecule has 1 aliphatic heterocycles. The van der Waals surface area contributed by atoms with Crippen molar-refractivity contribution >= 4 is 56.5 Å². The molecule has 0 bridgehead atoms. The zero-order valence-electron chi connectivity index (χ0n) is 22.4. The number of hydrogen-bond acceptors (Lipinski definition) is 8. The van der Waals surface area contributed by atoms with E-state index in [-0.39, 0.29) is 11.9 Å². The Balaban J connectivity index is 1.17. The molecule has 6 rings (SSSR count). The Hall–Kier alpha value is -5.03. The highest BCUT2D eigenvalue weighted by atomic mass is 32.1. The van der Waals surface area contributed by atoms with E-state index in [2.05, 4.69) is 30.5 Å². The van der Waals surface area contributed by atoms with Gasteiger partial charge in [0.25, 0.3) is 5.91 Å². The van der Waals surface area contributed by atoms with Gasteiger partial charge in [0.05, 0.1) is 10.3 Å². The predicted molar refractivity (Wildman–Crippen MR) is 163 cm³/mol. The molecule has 11 heteroatoms. The van der Waals surface area contributed by atoms with E-state index in [1.807, 2.05) is 65.7 Å². The van der Waals surface area contributed by atoms with Crippen molar-refractivity contribution in [3.63, 3.8) is 0 Å². The van der Waals surface area contributed by atoms with Crippen molar-refractivity contribution in [2.45, 2.75) is 6.92 Å². The quantitative estimate of drug-likeness (QED) is 0.266. The summed E-state index contributed by atoms with van der Waals surface area (Å²) in [7, 11) is 0. The van der Waals surface area contributed by atoms with Crippen LogP contribution in [0.5, 0.6) is 0 Å². The van der Waals surface area contributed by atoms with Gasteiger partial charge in [-0.25, -0.2) is 19.7 Å². The number of nitrogen functional groups attached to an aromatic ring is 1. The second-order valence-corrected chi connectivity index (χ2v) is 10.6. The SMILES string of the molecule is Cc1cccc(NC(=O)Nc2ccc(-c3csc4c(C(=O)N5CCN(c6ncccn6)CC5)cnc(N)c34)cc2)c1. The van der Waals surface area contributed by atoms with Crippen molar-refractivity contribution in [2.75, 3.05) is 47.4 Å². The third kappa shape index (κ3) is 5.52. The van der Waals surface area contributed by atoms with Crippen LogP contribution >= 0.6 is 11.3 Å². The second kappa shape index (κ2) is 11.2. The smallest absolute Gasteiger partial charge is 0.323 e. The number of pyridine rings is 1. The van der Waals surface area contributed by atoms with Crippen LogP contribution in [0.3, 0.4) is 0 Å². The number of nitrogens with zero attached hydrogens (tertiary/aromatic N) is 5. The van der Waals surface area contributed by atoms with E-state index in [4.69, 9.17) is 5.73 Å². The van der Waals surface area contributed by atoms with Crippen LogP contribution in [-0.2, 0) is 0 Å². The van der Waals surface area contributed by atoms with Crippen LogP contribution in [0, 0.1) is 6.92 Å². The van der Waals surface area contributed by atoms with Crippen LogP contribution in [0.4, 0.5) is 27.9 Å². The minimum absolute atomic E-state index is 0.0660. The van der Waals surface area contributed by atoms with Gasteiger partial charge in [-0.1, -0.05) is 24.3 Å². The van der Waals surface area contributed by atoms with Gasteiger partial charge in [0.1, 0.15) is 5.82 Å². The number of thiophene rings is 1. The summed E-state index contributed by atoms with van der Waals surface area (Å²) >= 11 is 1.48. The number of carbonyl (C=O) groups excluding carboxylic acids is 2. The lowest BCUT2D eigenvalue weighted by Crippen LogP contribution is -2.49. The summed E-state index contributed by atoms with van der Waals surface area (Å²) in [5, 5.41) is 8.46. The van der Waals surface area contributed by atoms with Crippen molar-refractivity contribution in [1.82, 2.24) is 19.9 Å². The first-order valence-electron chi connectivity index (χ1n) is 13.2.